The van der Waals surface area contributed by atoms with Gasteiger partial charge in [0, 0.05) is 6.54 Å². The molecule has 17 heavy (non-hydrogen) atoms. The van der Waals surface area contributed by atoms with Crippen molar-refractivity contribution in [2.45, 2.75) is 46.0 Å². The lowest BCUT2D eigenvalue weighted by Crippen LogP contribution is -2.29. The Morgan fingerprint density at radius 3 is 2.59 bits per heavy atom. The Morgan fingerprint density at radius 1 is 1.35 bits per heavy atom. The summed E-state index contributed by atoms with van der Waals surface area (Å²) in [5.41, 5.74) is 0. The second kappa shape index (κ2) is 7.70. The molecule has 1 N–H and O–H groups in total. The number of nitrogens with one attached hydrogen (secondary N) is 1. The lowest BCUT2D eigenvalue weighted by atomic mass is 9.81. The number of methoxy groups -OCH3 is 1. The van der Waals surface area contributed by atoms with Crippen molar-refractivity contribution in [2.24, 2.45) is 17.8 Å². The summed E-state index contributed by atoms with van der Waals surface area (Å²) in [6.07, 6.45) is 6.80. The predicted octanol–water partition coefficient (Wildman–Crippen LogP) is 2.60. The van der Waals surface area contributed by atoms with Gasteiger partial charge < -0.3 is 10.1 Å². The van der Waals surface area contributed by atoms with E-state index in [4.69, 9.17) is 4.74 Å². The van der Waals surface area contributed by atoms with Crippen LogP contribution in [0.25, 0.3) is 0 Å². The van der Waals surface area contributed by atoms with Crippen molar-refractivity contribution < 1.29 is 9.53 Å². The van der Waals surface area contributed by atoms with Crippen LogP contribution in [0.5, 0.6) is 0 Å². The highest BCUT2D eigenvalue weighted by Crippen LogP contribution is 2.29. The number of carbonyl (C=O) groups excluding carboxylic acids is 1. The Balaban J connectivity index is 2.02. The summed E-state index contributed by atoms with van der Waals surface area (Å²) in [5.74, 6) is 1.67. The molecule has 3 heteroatoms. The maximum Gasteiger partial charge on any atom is 0.309 e. The summed E-state index contributed by atoms with van der Waals surface area (Å²) in [6.45, 7) is 6.02. The summed E-state index contributed by atoms with van der Waals surface area (Å²) in [4.78, 5) is 11.2. The van der Waals surface area contributed by atoms with Crippen molar-refractivity contribution in [3.8, 4) is 0 Å². The van der Waals surface area contributed by atoms with Crippen LogP contribution in [0.15, 0.2) is 0 Å². The first-order valence-electron chi connectivity index (χ1n) is 6.92. The zero-order valence-corrected chi connectivity index (χ0v) is 11.5. The fraction of sp³-hybridized carbons (Fsp3) is 0.929. The molecular formula is C14H27NO2. The van der Waals surface area contributed by atoms with Crippen LogP contribution < -0.4 is 5.32 Å². The molecule has 1 fully saturated rings. The highest BCUT2D eigenvalue weighted by Gasteiger charge is 2.18. The molecule has 1 aliphatic rings. The maximum absolute atomic E-state index is 11.2. The first-order chi connectivity index (χ1) is 8.13. The molecule has 0 spiro atoms. The van der Waals surface area contributed by atoms with Crippen LogP contribution in [0.1, 0.15) is 46.0 Å². The van der Waals surface area contributed by atoms with E-state index in [1.54, 1.807) is 0 Å². The summed E-state index contributed by atoms with van der Waals surface area (Å²) in [5, 5.41) is 3.36. The van der Waals surface area contributed by atoms with Crippen LogP contribution >= 0.6 is 0 Å². The van der Waals surface area contributed by atoms with Crippen molar-refractivity contribution in [3.63, 3.8) is 0 Å². The Hall–Kier alpha value is -0.570. The van der Waals surface area contributed by atoms with E-state index >= 15 is 0 Å². The summed E-state index contributed by atoms with van der Waals surface area (Å²) in [6, 6.07) is 0. The van der Waals surface area contributed by atoms with Crippen LogP contribution in [-0.4, -0.2) is 26.2 Å². The molecule has 3 nitrogen and oxygen atoms in total. The van der Waals surface area contributed by atoms with Crippen LogP contribution in [0.2, 0.25) is 0 Å². The average molecular weight is 241 g/mol. The molecule has 0 aliphatic heterocycles. The van der Waals surface area contributed by atoms with E-state index in [0.717, 1.165) is 24.9 Å². The van der Waals surface area contributed by atoms with Gasteiger partial charge in [0.15, 0.2) is 0 Å². The molecule has 0 aromatic heterocycles. The maximum atomic E-state index is 11.2. The molecule has 1 saturated carbocycles. The smallest absolute Gasteiger partial charge is 0.309 e. The molecule has 0 heterocycles. The van der Waals surface area contributed by atoms with Crippen molar-refractivity contribution >= 4 is 5.97 Å². The molecule has 0 aromatic carbocycles. The first-order valence-corrected chi connectivity index (χ1v) is 6.92. The summed E-state index contributed by atoms with van der Waals surface area (Å²) >= 11 is 0. The third-order valence-electron chi connectivity index (χ3n) is 3.92. The normalized spacial score (nSPS) is 26.5. The van der Waals surface area contributed by atoms with Crippen LogP contribution in [-0.2, 0) is 9.53 Å². The van der Waals surface area contributed by atoms with Gasteiger partial charge in [0.25, 0.3) is 0 Å². The summed E-state index contributed by atoms with van der Waals surface area (Å²) in [7, 11) is 1.45. The van der Waals surface area contributed by atoms with Gasteiger partial charge in [-0.1, -0.05) is 39.5 Å². The van der Waals surface area contributed by atoms with E-state index in [0.29, 0.717) is 0 Å². The SMILES string of the molecule is COC(=O)C(C)CNCCC1CCC(C)CC1. The minimum atomic E-state index is -0.121. The quantitative estimate of drug-likeness (QED) is 0.574. The van der Waals surface area contributed by atoms with E-state index in [2.05, 4.69) is 12.2 Å². The molecule has 1 aliphatic carbocycles. The number of rotatable bonds is 6. The number of ether oxygens (including phenoxy) is 1. The fourth-order valence-electron chi connectivity index (χ4n) is 2.53. The van der Waals surface area contributed by atoms with E-state index in [-0.39, 0.29) is 11.9 Å². The molecule has 1 unspecified atom stereocenters. The molecule has 0 bridgehead atoms. The van der Waals surface area contributed by atoms with Gasteiger partial charge in [0.2, 0.25) is 0 Å². The number of carbonyl (C=O) groups is 1. The van der Waals surface area contributed by atoms with Gasteiger partial charge >= 0.3 is 5.97 Å². The molecule has 1 rings (SSSR count). The first kappa shape index (κ1) is 14.5. The Morgan fingerprint density at radius 2 is 2.00 bits per heavy atom. The summed E-state index contributed by atoms with van der Waals surface area (Å²) < 4.78 is 4.69. The second-order valence-electron chi connectivity index (χ2n) is 5.54. The van der Waals surface area contributed by atoms with Crippen molar-refractivity contribution in [3.05, 3.63) is 0 Å². The molecule has 0 saturated heterocycles. The highest BCUT2D eigenvalue weighted by molar-refractivity contribution is 5.71. The zero-order chi connectivity index (χ0) is 12.7. The minimum absolute atomic E-state index is 0.0358. The van der Waals surface area contributed by atoms with Gasteiger partial charge in [-0.3, -0.25) is 4.79 Å². The zero-order valence-electron chi connectivity index (χ0n) is 11.5. The largest absolute Gasteiger partial charge is 0.469 e. The van der Waals surface area contributed by atoms with Crippen molar-refractivity contribution in [2.75, 3.05) is 20.2 Å². The topological polar surface area (TPSA) is 38.3 Å². The average Bonchev–Trinajstić information content (AvgIpc) is 2.35. The molecule has 1 atom stereocenters. The molecule has 100 valence electrons. The Kier molecular flexibility index (Phi) is 6.56. The molecule has 0 aromatic rings. The van der Waals surface area contributed by atoms with Gasteiger partial charge in [-0.15, -0.1) is 0 Å². The lowest BCUT2D eigenvalue weighted by Gasteiger charge is -2.26. The standard InChI is InChI=1S/C14H27NO2/c1-11-4-6-13(7-5-11)8-9-15-10-12(2)14(16)17-3/h11-13,15H,4-10H2,1-3H3. The van der Waals surface area contributed by atoms with Gasteiger partial charge in [-0.2, -0.15) is 0 Å². The molecule has 0 radical (unpaired) electrons. The van der Waals surface area contributed by atoms with Gasteiger partial charge in [-0.25, -0.2) is 0 Å². The minimum Gasteiger partial charge on any atom is -0.469 e. The van der Waals surface area contributed by atoms with E-state index in [9.17, 15) is 4.79 Å². The number of esters is 1. The van der Waals surface area contributed by atoms with Crippen LogP contribution in [0, 0.1) is 17.8 Å². The van der Waals surface area contributed by atoms with E-state index < -0.39 is 0 Å². The monoisotopic (exact) mass is 241 g/mol. The third kappa shape index (κ3) is 5.53. The van der Waals surface area contributed by atoms with Crippen LogP contribution in [0.3, 0.4) is 0 Å². The Bertz CT molecular complexity index is 222. The van der Waals surface area contributed by atoms with E-state index in [1.807, 2.05) is 6.92 Å². The number of hydrogen-bond acceptors (Lipinski definition) is 3. The fourth-order valence-corrected chi connectivity index (χ4v) is 2.53. The predicted molar refractivity (Wildman–Crippen MR) is 69.8 cm³/mol. The van der Waals surface area contributed by atoms with Crippen molar-refractivity contribution in [1.82, 2.24) is 5.32 Å². The lowest BCUT2D eigenvalue weighted by molar-refractivity contribution is -0.144. The molecular weight excluding hydrogens is 214 g/mol. The Labute approximate surface area is 105 Å². The second-order valence-corrected chi connectivity index (χ2v) is 5.54. The molecule has 0 amide bonds. The van der Waals surface area contributed by atoms with Crippen LogP contribution in [0.4, 0.5) is 0 Å². The number of hydrogen-bond donors (Lipinski definition) is 1. The van der Waals surface area contributed by atoms with Crippen molar-refractivity contribution in [1.29, 1.82) is 0 Å². The van der Waals surface area contributed by atoms with Gasteiger partial charge in [0.05, 0.1) is 13.0 Å². The third-order valence-corrected chi connectivity index (χ3v) is 3.92. The highest BCUT2D eigenvalue weighted by atomic mass is 16.5. The van der Waals surface area contributed by atoms with Gasteiger partial charge in [0.1, 0.15) is 0 Å². The van der Waals surface area contributed by atoms with E-state index in [1.165, 1.54) is 39.2 Å². The van der Waals surface area contributed by atoms with Gasteiger partial charge in [-0.05, 0) is 24.8 Å².